The van der Waals surface area contributed by atoms with Gasteiger partial charge in [-0.1, -0.05) is 42.5 Å². The second kappa shape index (κ2) is 8.21. The summed E-state index contributed by atoms with van der Waals surface area (Å²) in [5, 5.41) is 0. The van der Waals surface area contributed by atoms with Crippen LogP contribution in [0, 0.1) is 13.8 Å². The molecule has 0 aliphatic heterocycles. The first kappa shape index (κ1) is 16.9. The number of aryl methyl sites for hydroxylation is 2. The van der Waals surface area contributed by atoms with Crippen molar-refractivity contribution in [2.24, 2.45) is 0 Å². The minimum absolute atomic E-state index is 0.214. The SMILES string of the molecule is C=C.CC(=O)Cc1ccc(C)c(Cc2ccccc2C)c1. The van der Waals surface area contributed by atoms with Crippen LogP contribution >= 0.6 is 0 Å². The van der Waals surface area contributed by atoms with Crippen molar-refractivity contribution < 1.29 is 4.79 Å². The molecule has 0 unspecified atom stereocenters. The summed E-state index contributed by atoms with van der Waals surface area (Å²) < 4.78 is 0. The molecule has 2 aromatic rings. The summed E-state index contributed by atoms with van der Waals surface area (Å²) in [6.07, 6.45) is 1.46. The Bertz CT molecular complexity index is 611. The summed E-state index contributed by atoms with van der Waals surface area (Å²) in [4.78, 5) is 11.2. The van der Waals surface area contributed by atoms with Crippen LogP contribution in [0.15, 0.2) is 55.6 Å². The van der Waals surface area contributed by atoms with Crippen molar-refractivity contribution in [3.05, 3.63) is 83.4 Å². The Kier molecular flexibility index (Phi) is 6.61. The third-order valence-corrected chi connectivity index (χ3v) is 3.51. The van der Waals surface area contributed by atoms with Gasteiger partial charge in [-0.25, -0.2) is 0 Å². The molecule has 0 aromatic heterocycles. The maximum absolute atomic E-state index is 11.2. The molecule has 1 heteroatoms. The molecule has 0 radical (unpaired) electrons. The van der Waals surface area contributed by atoms with Crippen LogP contribution in [0.2, 0.25) is 0 Å². The monoisotopic (exact) mass is 280 g/mol. The molecular weight excluding hydrogens is 256 g/mol. The van der Waals surface area contributed by atoms with Gasteiger partial charge in [0.1, 0.15) is 5.78 Å². The van der Waals surface area contributed by atoms with E-state index >= 15 is 0 Å². The molecule has 0 saturated heterocycles. The van der Waals surface area contributed by atoms with E-state index in [4.69, 9.17) is 0 Å². The van der Waals surface area contributed by atoms with Crippen LogP contribution < -0.4 is 0 Å². The highest BCUT2D eigenvalue weighted by Gasteiger charge is 2.05. The molecule has 0 atom stereocenters. The summed E-state index contributed by atoms with van der Waals surface area (Å²) in [6.45, 7) is 11.9. The van der Waals surface area contributed by atoms with Crippen LogP contribution in [0.4, 0.5) is 0 Å². The molecular formula is C20H24O. The molecule has 0 fully saturated rings. The highest BCUT2D eigenvalue weighted by Crippen LogP contribution is 2.18. The van der Waals surface area contributed by atoms with Gasteiger partial charge in [0, 0.05) is 6.42 Å². The van der Waals surface area contributed by atoms with Crippen molar-refractivity contribution >= 4 is 5.78 Å². The highest BCUT2D eigenvalue weighted by atomic mass is 16.1. The van der Waals surface area contributed by atoms with Crippen LogP contribution in [-0.2, 0) is 17.6 Å². The van der Waals surface area contributed by atoms with Crippen molar-refractivity contribution in [2.45, 2.75) is 33.6 Å². The van der Waals surface area contributed by atoms with Crippen molar-refractivity contribution in [1.29, 1.82) is 0 Å². The van der Waals surface area contributed by atoms with Gasteiger partial charge in [0.2, 0.25) is 0 Å². The molecule has 0 heterocycles. The van der Waals surface area contributed by atoms with E-state index < -0.39 is 0 Å². The average Bonchev–Trinajstić information content (AvgIpc) is 2.46. The zero-order chi connectivity index (χ0) is 15.8. The van der Waals surface area contributed by atoms with E-state index in [9.17, 15) is 4.79 Å². The summed E-state index contributed by atoms with van der Waals surface area (Å²) >= 11 is 0. The molecule has 0 bridgehead atoms. The van der Waals surface area contributed by atoms with E-state index in [2.05, 4.69) is 69.5 Å². The van der Waals surface area contributed by atoms with Crippen molar-refractivity contribution in [3.8, 4) is 0 Å². The summed E-state index contributed by atoms with van der Waals surface area (Å²) in [7, 11) is 0. The second-order valence-corrected chi connectivity index (χ2v) is 5.24. The Morgan fingerprint density at radius 1 is 0.952 bits per heavy atom. The first-order chi connectivity index (χ1) is 10.1. The van der Waals surface area contributed by atoms with Crippen molar-refractivity contribution in [3.63, 3.8) is 0 Å². The van der Waals surface area contributed by atoms with Crippen LogP contribution in [0.5, 0.6) is 0 Å². The van der Waals surface area contributed by atoms with Gasteiger partial charge in [-0.3, -0.25) is 4.79 Å². The predicted octanol–water partition coefficient (Wildman–Crippen LogP) is 4.83. The normalized spacial score (nSPS) is 9.67. The minimum atomic E-state index is 0.214. The Morgan fingerprint density at radius 3 is 2.19 bits per heavy atom. The number of ketones is 1. The maximum Gasteiger partial charge on any atom is 0.134 e. The van der Waals surface area contributed by atoms with E-state index in [0.717, 1.165) is 12.0 Å². The lowest BCUT2D eigenvalue weighted by Gasteiger charge is -2.10. The van der Waals surface area contributed by atoms with Gasteiger partial charge in [-0.15, -0.1) is 13.2 Å². The van der Waals surface area contributed by atoms with Crippen molar-refractivity contribution in [1.82, 2.24) is 0 Å². The van der Waals surface area contributed by atoms with E-state index in [0.29, 0.717) is 6.42 Å². The molecule has 0 spiro atoms. The van der Waals surface area contributed by atoms with Gasteiger partial charge in [0.25, 0.3) is 0 Å². The fourth-order valence-electron chi connectivity index (χ4n) is 2.33. The smallest absolute Gasteiger partial charge is 0.134 e. The molecule has 0 saturated carbocycles. The number of carbonyl (C=O) groups excluding carboxylic acids is 1. The number of benzene rings is 2. The molecule has 0 amide bonds. The van der Waals surface area contributed by atoms with Crippen LogP contribution in [0.3, 0.4) is 0 Å². The van der Waals surface area contributed by atoms with E-state index in [1.807, 2.05) is 0 Å². The van der Waals surface area contributed by atoms with Crippen molar-refractivity contribution in [2.75, 3.05) is 0 Å². The molecule has 0 N–H and O–H groups in total. The van der Waals surface area contributed by atoms with Gasteiger partial charge in [-0.2, -0.15) is 0 Å². The van der Waals surface area contributed by atoms with Crippen LogP contribution in [0.1, 0.15) is 34.7 Å². The van der Waals surface area contributed by atoms with Gasteiger partial charge < -0.3 is 0 Å². The van der Waals surface area contributed by atoms with Gasteiger partial charge >= 0.3 is 0 Å². The highest BCUT2D eigenvalue weighted by molar-refractivity contribution is 5.78. The van der Waals surface area contributed by atoms with E-state index in [1.165, 1.54) is 22.3 Å². The lowest BCUT2D eigenvalue weighted by molar-refractivity contribution is -0.116. The number of carbonyl (C=O) groups is 1. The molecule has 0 aliphatic carbocycles. The second-order valence-electron chi connectivity index (χ2n) is 5.24. The standard InChI is InChI=1S/C18H20O.C2H4/c1-13-6-4-5-7-17(13)12-18-11-16(10-15(3)19)9-8-14(18)2;1-2/h4-9,11H,10,12H2,1-3H3;1-2H2. The largest absolute Gasteiger partial charge is 0.300 e. The first-order valence-corrected chi connectivity index (χ1v) is 7.18. The lowest BCUT2D eigenvalue weighted by atomic mass is 9.95. The topological polar surface area (TPSA) is 17.1 Å². The van der Waals surface area contributed by atoms with Gasteiger partial charge in [-0.05, 0) is 55.0 Å². The zero-order valence-corrected chi connectivity index (χ0v) is 13.3. The minimum Gasteiger partial charge on any atom is -0.300 e. The van der Waals surface area contributed by atoms with Gasteiger partial charge in [0.15, 0.2) is 0 Å². The molecule has 21 heavy (non-hydrogen) atoms. The fraction of sp³-hybridized carbons (Fsp3) is 0.250. The number of hydrogen-bond donors (Lipinski definition) is 0. The summed E-state index contributed by atoms with van der Waals surface area (Å²) in [6, 6.07) is 14.8. The zero-order valence-electron chi connectivity index (χ0n) is 13.3. The molecule has 1 nitrogen and oxygen atoms in total. The Hall–Kier alpha value is -2.15. The van der Waals surface area contributed by atoms with Crippen LogP contribution in [-0.4, -0.2) is 5.78 Å². The Balaban J connectivity index is 0.00000106. The third kappa shape index (κ3) is 5.03. The Labute approximate surface area is 128 Å². The average molecular weight is 280 g/mol. The fourth-order valence-corrected chi connectivity index (χ4v) is 2.33. The summed E-state index contributed by atoms with van der Waals surface area (Å²) in [5.41, 5.74) is 6.38. The molecule has 2 aromatic carbocycles. The van der Waals surface area contributed by atoms with E-state index in [-0.39, 0.29) is 5.78 Å². The molecule has 0 aliphatic rings. The maximum atomic E-state index is 11.2. The number of Topliss-reactive ketones (excluding diaryl/α,β-unsaturated/α-hetero) is 1. The quantitative estimate of drug-likeness (QED) is 0.733. The molecule has 2 rings (SSSR count). The Morgan fingerprint density at radius 2 is 1.57 bits per heavy atom. The lowest BCUT2D eigenvalue weighted by Crippen LogP contribution is -2.00. The predicted molar refractivity (Wildman–Crippen MR) is 90.8 cm³/mol. The van der Waals surface area contributed by atoms with Crippen LogP contribution in [0.25, 0.3) is 0 Å². The number of hydrogen-bond acceptors (Lipinski definition) is 1. The van der Waals surface area contributed by atoms with Gasteiger partial charge in [0.05, 0.1) is 0 Å². The van der Waals surface area contributed by atoms with E-state index in [1.54, 1.807) is 6.92 Å². The molecule has 110 valence electrons. The first-order valence-electron chi connectivity index (χ1n) is 7.18. The number of rotatable bonds is 4. The third-order valence-electron chi connectivity index (χ3n) is 3.51. The summed E-state index contributed by atoms with van der Waals surface area (Å²) in [5.74, 6) is 0.214.